The van der Waals surface area contributed by atoms with Gasteiger partial charge in [0.2, 0.25) is 5.82 Å². The molecule has 0 amide bonds. The Morgan fingerprint density at radius 2 is 1.86 bits per heavy atom. The molecule has 0 saturated carbocycles. The summed E-state index contributed by atoms with van der Waals surface area (Å²) in [5.41, 5.74) is -0.0535. The van der Waals surface area contributed by atoms with Crippen molar-refractivity contribution in [2.75, 3.05) is 5.32 Å². The minimum Gasteiger partial charge on any atom is -0.332 e. The summed E-state index contributed by atoms with van der Waals surface area (Å²) < 4.78 is 27.4. The molecule has 144 valence electrons. The van der Waals surface area contributed by atoms with Crippen LogP contribution < -0.4 is 5.32 Å². The molecule has 2 heterocycles. The molecule has 1 N–H and O–H groups in total. The Hall–Kier alpha value is -3.66. The third-order valence-corrected chi connectivity index (χ3v) is 5.00. The van der Waals surface area contributed by atoms with Gasteiger partial charge >= 0.3 is 5.69 Å². The summed E-state index contributed by atoms with van der Waals surface area (Å²) >= 11 is 1.04. The van der Waals surface area contributed by atoms with Crippen molar-refractivity contribution in [3.63, 3.8) is 0 Å². The molecule has 0 aliphatic carbocycles. The average molecular weight is 411 g/mol. The van der Waals surface area contributed by atoms with E-state index in [1.54, 1.807) is 24.4 Å². The number of nitro groups is 1. The molecular formula is C19H11F2N5O2S. The molecule has 0 saturated heterocycles. The van der Waals surface area contributed by atoms with Gasteiger partial charge < -0.3 is 5.32 Å². The molecule has 2 aromatic heterocycles. The second-order valence-corrected chi connectivity index (χ2v) is 6.85. The number of hydrogen-bond donors (Lipinski definition) is 1. The Kier molecular flexibility index (Phi) is 5.00. The molecule has 10 heteroatoms. The number of pyridine rings is 1. The van der Waals surface area contributed by atoms with Crippen molar-refractivity contribution in [2.45, 2.75) is 9.92 Å². The number of rotatable bonds is 5. The van der Waals surface area contributed by atoms with Gasteiger partial charge in [0.25, 0.3) is 0 Å². The van der Waals surface area contributed by atoms with Gasteiger partial charge in [0.05, 0.1) is 16.1 Å². The zero-order valence-corrected chi connectivity index (χ0v) is 15.4. The minimum atomic E-state index is -0.772. The van der Waals surface area contributed by atoms with Crippen LogP contribution in [0.5, 0.6) is 0 Å². The monoisotopic (exact) mass is 411 g/mol. The van der Waals surface area contributed by atoms with Crippen molar-refractivity contribution in [3.05, 3.63) is 82.8 Å². The highest BCUT2D eigenvalue weighted by Crippen LogP contribution is 2.39. The number of para-hydroxylation sites is 1. The molecule has 29 heavy (non-hydrogen) atoms. The number of halogens is 2. The highest BCUT2D eigenvalue weighted by molar-refractivity contribution is 7.99. The van der Waals surface area contributed by atoms with Gasteiger partial charge in [-0.15, -0.1) is 0 Å². The first kappa shape index (κ1) is 18.7. The van der Waals surface area contributed by atoms with Crippen molar-refractivity contribution in [1.82, 2.24) is 15.0 Å². The second-order valence-electron chi connectivity index (χ2n) is 5.82. The van der Waals surface area contributed by atoms with Crippen LogP contribution in [0.1, 0.15) is 0 Å². The molecule has 2 aromatic carbocycles. The molecule has 0 fully saturated rings. The maximum Gasteiger partial charge on any atom is 0.343 e. The van der Waals surface area contributed by atoms with Crippen molar-refractivity contribution in [2.24, 2.45) is 0 Å². The molecule has 0 aliphatic rings. The van der Waals surface area contributed by atoms with Gasteiger partial charge in [-0.1, -0.05) is 30.0 Å². The van der Waals surface area contributed by atoms with Crippen molar-refractivity contribution >= 4 is 39.9 Å². The van der Waals surface area contributed by atoms with E-state index in [2.05, 4.69) is 20.3 Å². The third kappa shape index (κ3) is 3.83. The van der Waals surface area contributed by atoms with Crippen LogP contribution >= 0.6 is 11.8 Å². The quantitative estimate of drug-likeness (QED) is 0.277. The lowest BCUT2D eigenvalue weighted by molar-refractivity contribution is -0.387. The Balaban J connectivity index is 1.77. The van der Waals surface area contributed by atoms with Crippen LogP contribution in [0.25, 0.3) is 10.9 Å². The maximum atomic E-state index is 14.0. The summed E-state index contributed by atoms with van der Waals surface area (Å²) in [6.45, 7) is 0. The van der Waals surface area contributed by atoms with Gasteiger partial charge in [0.15, 0.2) is 5.03 Å². The number of hydrogen-bond acceptors (Lipinski definition) is 7. The number of aromatic nitrogens is 3. The standard InChI is InChI=1S/C19H11F2N5O2S/c20-12-6-7-13(21)14(9-12)25-18-17(26(27)28)19(24-10-23-18)29-15-5-1-3-11-4-2-8-22-16(11)15/h1-10H,(H,23,24,25). The molecular weight excluding hydrogens is 400 g/mol. The fraction of sp³-hybridized carbons (Fsp3) is 0. The molecule has 0 atom stereocenters. The first-order valence-corrected chi connectivity index (χ1v) is 9.07. The SMILES string of the molecule is O=[N+]([O-])c1c(Nc2cc(F)ccc2F)ncnc1Sc1cccc2cccnc12. The first-order valence-electron chi connectivity index (χ1n) is 8.26. The lowest BCUT2D eigenvalue weighted by Crippen LogP contribution is -2.04. The topological polar surface area (TPSA) is 93.8 Å². The molecule has 4 aromatic rings. The number of nitrogens with zero attached hydrogens (tertiary/aromatic N) is 4. The Morgan fingerprint density at radius 1 is 1.03 bits per heavy atom. The number of benzene rings is 2. The van der Waals surface area contributed by atoms with Crippen LogP contribution in [-0.4, -0.2) is 19.9 Å². The van der Waals surface area contributed by atoms with Crippen LogP contribution in [-0.2, 0) is 0 Å². The lowest BCUT2D eigenvalue weighted by Gasteiger charge is -2.10. The zero-order valence-electron chi connectivity index (χ0n) is 14.5. The van der Waals surface area contributed by atoms with Gasteiger partial charge in [-0.05, 0) is 24.3 Å². The maximum absolute atomic E-state index is 14.0. The van der Waals surface area contributed by atoms with E-state index in [0.717, 1.165) is 41.7 Å². The van der Waals surface area contributed by atoms with Crippen LogP contribution in [0.15, 0.2) is 71.0 Å². The first-order chi connectivity index (χ1) is 14.0. The van der Waals surface area contributed by atoms with E-state index in [1.807, 2.05) is 12.1 Å². The van der Waals surface area contributed by atoms with Crippen LogP contribution in [0.2, 0.25) is 0 Å². The van der Waals surface area contributed by atoms with Gasteiger partial charge in [0.1, 0.15) is 18.0 Å². The van der Waals surface area contributed by atoms with E-state index in [4.69, 9.17) is 0 Å². The highest BCUT2D eigenvalue weighted by Gasteiger charge is 2.25. The van der Waals surface area contributed by atoms with Gasteiger partial charge in [-0.2, -0.15) is 0 Å². The molecule has 0 spiro atoms. The number of nitrogens with one attached hydrogen (secondary N) is 1. The summed E-state index contributed by atoms with van der Waals surface area (Å²) in [6, 6.07) is 11.9. The van der Waals surface area contributed by atoms with Gasteiger partial charge in [0, 0.05) is 22.5 Å². The van der Waals surface area contributed by atoms with Crippen LogP contribution in [0.3, 0.4) is 0 Å². The normalized spacial score (nSPS) is 10.8. The van der Waals surface area contributed by atoms with Crippen molar-refractivity contribution < 1.29 is 13.7 Å². The Bertz CT molecular complexity index is 1230. The number of anilines is 2. The largest absolute Gasteiger partial charge is 0.343 e. The Labute approximate surface area is 167 Å². The molecule has 0 aliphatic heterocycles. The number of fused-ring (bicyclic) bond motifs is 1. The Morgan fingerprint density at radius 3 is 2.69 bits per heavy atom. The molecule has 7 nitrogen and oxygen atoms in total. The van der Waals surface area contributed by atoms with E-state index >= 15 is 0 Å². The highest BCUT2D eigenvalue weighted by atomic mass is 32.2. The third-order valence-electron chi connectivity index (χ3n) is 3.96. The molecule has 0 bridgehead atoms. The molecule has 4 rings (SSSR count). The molecule has 0 unspecified atom stereocenters. The summed E-state index contributed by atoms with van der Waals surface area (Å²) in [4.78, 5) is 23.9. The summed E-state index contributed by atoms with van der Waals surface area (Å²) in [5, 5.41) is 15.1. The minimum absolute atomic E-state index is 0.0439. The average Bonchev–Trinajstić information content (AvgIpc) is 2.71. The van der Waals surface area contributed by atoms with E-state index in [0.29, 0.717) is 10.4 Å². The van der Waals surface area contributed by atoms with Crippen molar-refractivity contribution in [1.29, 1.82) is 0 Å². The summed E-state index contributed by atoms with van der Waals surface area (Å²) in [5.74, 6) is -1.71. The fourth-order valence-corrected chi connectivity index (χ4v) is 3.67. The predicted octanol–water partition coefficient (Wildman–Crippen LogP) is 5.11. The summed E-state index contributed by atoms with van der Waals surface area (Å²) in [6.07, 6.45) is 2.74. The predicted molar refractivity (Wildman–Crippen MR) is 104 cm³/mol. The van der Waals surface area contributed by atoms with Crippen LogP contribution in [0.4, 0.5) is 26.0 Å². The molecule has 0 radical (unpaired) electrons. The van der Waals surface area contributed by atoms with E-state index in [-0.39, 0.29) is 16.5 Å². The fourth-order valence-electron chi connectivity index (χ4n) is 2.68. The zero-order chi connectivity index (χ0) is 20.4. The van der Waals surface area contributed by atoms with Gasteiger partial charge in [-0.25, -0.2) is 18.7 Å². The van der Waals surface area contributed by atoms with Crippen LogP contribution in [0, 0.1) is 21.7 Å². The summed E-state index contributed by atoms with van der Waals surface area (Å²) in [7, 11) is 0. The van der Waals surface area contributed by atoms with Gasteiger partial charge in [-0.3, -0.25) is 15.1 Å². The second kappa shape index (κ2) is 7.76. The van der Waals surface area contributed by atoms with E-state index in [1.165, 1.54) is 0 Å². The lowest BCUT2D eigenvalue weighted by atomic mass is 10.2. The van der Waals surface area contributed by atoms with E-state index < -0.39 is 22.2 Å². The van der Waals surface area contributed by atoms with Crippen molar-refractivity contribution in [3.8, 4) is 0 Å². The van der Waals surface area contributed by atoms with E-state index in [9.17, 15) is 18.9 Å². The smallest absolute Gasteiger partial charge is 0.332 e.